The first kappa shape index (κ1) is 16.3. The number of fused-ring (bicyclic) bond motifs is 3. The Balaban J connectivity index is 2.15. The van der Waals surface area contributed by atoms with Gasteiger partial charge in [0.05, 0.1) is 16.6 Å². The van der Waals surface area contributed by atoms with Crippen LogP contribution >= 0.6 is 0 Å². The zero-order valence-corrected chi connectivity index (χ0v) is 13.7. The summed E-state index contributed by atoms with van der Waals surface area (Å²) in [5.74, 6) is 0. The van der Waals surface area contributed by atoms with E-state index in [1.54, 1.807) is 12.3 Å². The van der Waals surface area contributed by atoms with Crippen LogP contribution in [0, 0.1) is 6.92 Å². The van der Waals surface area contributed by atoms with Crippen LogP contribution < -0.4 is 5.56 Å². The zero-order chi connectivity index (χ0) is 18.5. The molecule has 130 valence electrons. The topological polar surface area (TPSA) is 34.9 Å². The van der Waals surface area contributed by atoms with E-state index in [0.29, 0.717) is 16.4 Å². The molecule has 0 amide bonds. The molecule has 2 aromatic carbocycles. The molecule has 0 radical (unpaired) electrons. The smallest absolute Gasteiger partial charge is 0.276 e. The molecule has 26 heavy (non-hydrogen) atoms. The number of hydrogen-bond donors (Lipinski definition) is 0. The third kappa shape index (κ3) is 2.63. The summed E-state index contributed by atoms with van der Waals surface area (Å²) in [4.78, 5) is 17.0. The van der Waals surface area contributed by atoms with Gasteiger partial charge in [0.2, 0.25) is 0 Å². The molecular formula is C20H13F3N2O. The van der Waals surface area contributed by atoms with E-state index in [-0.39, 0.29) is 5.69 Å². The molecule has 2 heterocycles. The summed E-state index contributed by atoms with van der Waals surface area (Å²) >= 11 is 0. The molecule has 4 rings (SSSR count). The number of aromatic nitrogens is 2. The Morgan fingerprint density at radius 3 is 2.58 bits per heavy atom. The number of pyridine rings is 2. The van der Waals surface area contributed by atoms with E-state index in [1.165, 1.54) is 22.8 Å². The molecule has 0 N–H and O–H groups in total. The summed E-state index contributed by atoms with van der Waals surface area (Å²) in [6.07, 6.45) is -2.86. The second kappa shape index (κ2) is 5.69. The predicted molar refractivity (Wildman–Crippen MR) is 94.6 cm³/mol. The standard InChI is InChI=1S/C20H13F3N2O/c1-12-5-7-17-16(9-12)19-13(11-24-17)6-8-18(26)25(19)15-4-2-3-14(10-15)20(21,22)23/h2-11H,1H3. The molecule has 0 saturated carbocycles. The van der Waals surface area contributed by atoms with Gasteiger partial charge in [0.1, 0.15) is 0 Å². The molecule has 0 aliphatic carbocycles. The van der Waals surface area contributed by atoms with Gasteiger partial charge < -0.3 is 0 Å². The van der Waals surface area contributed by atoms with Gasteiger partial charge in [-0.05, 0) is 43.3 Å². The lowest BCUT2D eigenvalue weighted by molar-refractivity contribution is -0.137. The molecule has 0 aliphatic heterocycles. The van der Waals surface area contributed by atoms with Gasteiger partial charge >= 0.3 is 6.18 Å². The number of benzene rings is 2. The highest BCUT2D eigenvalue weighted by Gasteiger charge is 2.30. The van der Waals surface area contributed by atoms with Crippen molar-refractivity contribution in [3.63, 3.8) is 0 Å². The Bertz CT molecular complexity index is 1210. The van der Waals surface area contributed by atoms with Crippen molar-refractivity contribution in [1.29, 1.82) is 0 Å². The van der Waals surface area contributed by atoms with Gasteiger partial charge in [-0.2, -0.15) is 13.2 Å². The van der Waals surface area contributed by atoms with Gasteiger partial charge in [-0.3, -0.25) is 14.3 Å². The largest absolute Gasteiger partial charge is 0.416 e. The first-order chi connectivity index (χ1) is 12.3. The number of hydrogen-bond acceptors (Lipinski definition) is 2. The third-order valence-corrected chi connectivity index (χ3v) is 4.30. The summed E-state index contributed by atoms with van der Waals surface area (Å²) in [6, 6.07) is 13.4. The summed E-state index contributed by atoms with van der Waals surface area (Å²) in [5, 5.41) is 1.40. The molecule has 2 aromatic heterocycles. The maximum atomic E-state index is 13.1. The number of halogens is 3. The number of nitrogens with zero attached hydrogens (tertiary/aromatic N) is 2. The van der Waals surface area contributed by atoms with Gasteiger partial charge in [-0.25, -0.2) is 0 Å². The third-order valence-electron chi connectivity index (χ3n) is 4.30. The van der Waals surface area contributed by atoms with Crippen molar-refractivity contribution in [2.45, 2.75) is 13.1 Å². The number of rotatable bonds is 1. The van der Waals surface area contributed by atoms with E-state index < -0.39 is 17.3 Å². The maximum Gasteiger partial charge on any atom is 0.416 e. The van der Waals surface area contributed by atoms with Crippen LogP contribution in [0.2, 0.25) is 0 Å². The molecule has 0 aliphatic rings. The Hall–Kier alpha value is -3.15. The predicted octanol–water partition coefficient (Wildman–Crippen LogP) is 4.87. The molecule has 0 bridgehead atoms. The SMILES string of the molecule is Cc1ccc2ncc3ccc(=O)n(-c4cccc(C(F)(F)F)c4)c3c2c1. The average Bonchev–Trinajstić information content (AvgIpc) is 2.61. The van der Waals surface area contributed by atoms with Crippen molar-refractivity contribution in [2.24, 2.45) is 0 Å². The van der Waals surface area contributed by atoms with Crippen LogP contribution in [0.25, 0.3) is 27.5 Å². The summed E-state index contributed by atoms with van der Waals surface area (Å²) < 4.78 is 40.6. The minimum atomic E-state index is -4.48. The molecule has 3 nitrogen and oxygen atoms in total. The molecular weight excluding hydrogens is 341 g/mol. The van der Waals surface area contributed by atoms with Crippen molar-refractivity contribution < 1.29 is 13.2 Å². The van der Waals surface area contributed by atoms with Gasteiger partial charge in [0.25, 0.3) is 5.56 Å². The van der Waals surface area contributed by atoms with Crippen molar-refractivity contribution in [3.05, 3.63) is 82.3 Å². The quantitative estimate of drug-likeness (QED) is 0.457. The van der Waals surface area contributed by atoms with Crippen LogP contribution in [0.4, 0.5) is 13.2 Å². The average molecular weight is 354 g/mol. The second-order valence-electron chi connectivity index (χ2n) is 6.14. The van der Waals surface area contributed by atoms with Crippen molar-refractivity contribution >= 4 is 21.8 Å². The number of alkyl halides is 3. The Morgan fingerprint density at radius 1 is 1.00 bits per heavy atom. The van der Waals surface area contributed by atoms with Crippen molar-refractivity contribution in [2.75, 3.05) is 0 Å². The zero-order valence-electron chi connectivity index (χ0n) is 13.7. The lowest BCUT2D eigenvalue weighted by Crippen LogP contribution is -2.18. The van der Waals surface area contributed by atoms with E-state index >= 15 is 0 Å². The van der Waals surface area contributed by atoms with Gasteiger partial charge in [-0.15, -0.1) is 0 Å². The summed E-state index contributed by atoms with van der Waals surface area (Å²) in [5.41, 5.74) is 1.17. The first-order valence-electron chi connectivity index (χ1n) is 7.93. The molecule has 6 heteroatoms. The van der Waals surface area contributed by atoms with Crippen LogP contribution in [0.5, 0.6) is 0 Å². The minimum absolute atomic E-state index is 0.171. The van der Waals surface area contributed by atoms with Crippen LogP contribution in [0.3, 0.4) is 0 Å². The lowest BCUT2D eigenvalue weighted by atomic mass is 10.1. The Morgan fingerprint density at radius 2 is 1.81 bits per heavy atom. The molecule has 0 spiro atoms. The van der Waals surface area contributed by atoms with Crippen LogP contribution in [0.1, 0.15) is 11.1 Å². The Labute approximate surface area is 146 Å². The fourth-order valence-electron chi connectivity index (χ4n) is 3.10. The van der Waals surface area contributed by atoms with Crippen molar-refractivity contribution in [3.8, 4) is 5.69 Å². The highest BCUT2D eigenvalue weighted by molar-refractivity contribution is 6.04. The van der Waals surface area contributed by atoms with E-state index in [1.807, 2.05) is 25.1 Å². The maximum absolute atomic E-state index is 13.1. The van der Waals surface area contributed by atoms with Gasteiger partial charge in [0.15, 0.2) is 0 Å². The Kier molecular flexibility index (Phi) is 3.57. The van der Waals surface area contributed by atoms with E-state index in [4.69, 9.17) is 0 Å². The molecule has 0 atom stereocenters. The normalized spacial score (nSPS) is 12.0. The molecule has 4 aromatic rings. The van der Waals surface area contributed by atoms with E-state index in [0.717, 1.165) is 23.1 Å². The fraction of sp³-hybridized carbons (Fsp3) is 0.100. The van der Waals surface area contributed by atoms with Crippen LogP contribution in [-0.4, -0.2) is 9.55 Å². The monoisotopic (exact) mass is 354 g/mol. The van der Waals surface area contributed by atoms with Gasteiger partial charge in [0, 0.05) is 28.7 Å². The van der Waals surface area contributed by atoms with Crippen LogP contribution in [-0.2, 0) is 6.18 Å². The minimum Gasteiger partial charge on any atom is -0.276 e. The first-order valence-corrected chi connectivity index (χ1v) is 7.93. The van der Waals surface area contributed by atoms with Gasteiger partial charge in [-0.1, -0.05) is 17.7 Å². The van der Waals surface area contributed by atoms with E-state index in [9.17, 15) is 18.0 Å². The lowest BCUT2D eigenvalue weighted by Gasteiger charge is -2.14. The summed E-state index contributed by atoms with van der Waals surface area (Å²) in [7, 11) is 0. The highest BCUT2D eigenvalue weighted by Crippen LogP contribution is 2.31. The second-order valence-corrected chi connectivity index (χ2v) is 6.14. The summed E-state index contributed by atoms with van der Waals surface area (Å²) in [6.45, 7) is 1.91. The van der Waals surface area contributed by atoms with Crippen molar-refractivity contribution in [1.82, 2.24) is 9.55 Å². The number of aryl methyl sites for hydroxylation is 1. The highest BCUT2D eigenvalue weighted by atomic mass is 19.4. The van der Waals surface area contributed by atoms with E-state index in [2.05, 4.69) is 4.98 Å². The molecule has 0 fully saturated rings. The van der Waals surface area contributed by atoms with Crippen LogP contribution in [0.15, 0.2) is 65.6 Å². The molecule has 0 unspecified atom stereocenters. The molecule has 0 saturated heterocycles. The fourth-order valence-corrected chi connectivity index (χ4v) is 3.10.